The van der Waals surface area contributed by atoms with E-state index in [9.17, 15) is 14.5 Å². The first-order valence-electron chi connectivity index (χ1n) is 8.04. The quantitative estimate of drug-likeness (QED) is 0.457. The number of pyridine rings is 1. The van der Waals surface area contributed by atoms with Gasteiger partial charge in [0, 0.05) is 12.4 Å². The summed E-state index contributed by atoms with van der Waals surface area (Å²) in [6, 6.07) is 3.92. The van der Waals surface area contributed by atoms with E-state index in [2.05, 4.69) is 4.98 Å². The highest BCUT2D eigenvalue weighted by Crippen LogP contribution is 2.54. The van der Waals surface area contributed by atoms with Crippen LogP contribution in [0.25, 0.3) is 0 Å². The summed E-state index contributed by atoms with van der Waals surface area (Å²) < 4.78 is 22.9. The van der Waals surface area contributed by atoms with Gasteiger partial charge in [0.25, 0.3) is 0 Å². The predicted molar refractivity (Wildman–Crippen MR) is 88.7 cm³/mol. The largest absolute Gasteiger partial charge is 0.481 e. The maximum absolute atomic E-state index is 12.6. The minimum absolute atomic E-state index is 0.169. The lowest BCUT2D eigenvalue weighted by molar-refractivity contribution is -0.137. The van der Waals surface area contributed by atoms with E-state index in [4.69, 9.17) is 9.05 Å². The second-order valence-electron chi connectivity index (χ2n) is 5.19. The number of aromatic nitrogens is 1. The molecular weight excluding hydrogens is 317 g/mol. The van der Waals surface area contributed by atoms with Gasteiger partial charge in [0.1, 0.15) is 0 Å². The summed E-state index contributed by atoms with van der Waals surface area (Å²) in [5.41, 5.74) is 0.0670. The van der Waals surface area contributed by atoms with Crippen LogP contribution in [-0.2, 0) is 24.8 Å². The molecule has 0 radical (unpaired) electrons. The number of aryl methyl sites for hydroxylation is 1. The van der Waals surface area contributed by atoms with Gasteiger partial charge in [0.2, 0.25) is 0 Å². The molecular formula is C16H26NO5P. The zero-order valence-electron chi connectivity index (χ0n) is 13.8. The first-order chi connectivity index (χ1) is 11.0. The number of hydrogen-bond acceptors (Lipinski definition) is 5. The van der Waals surface area contributed by atoms with Gasteiger partial charge in [0.15, 0.2) is 5.66 Å². The van der Waals surface area contributed by atoms with E-state index in [-0.39, 0.29) is 13.2 Å². The Labute approximate surface area is 137 Å². The fourth-order valence-corrected chi connectivity index (χ4v) is 4.31. The van der Waals surface area contributed by atoms with Crippen molar-refractivity contribution in [2.24, 2.45) is 0 Å². The SMILES string of the molecule is CCOP(=O)(OCC)[C@@H](CCCCCc1cccnc1)C(=O)O. The van der Waals surface area contributed by atoms with E-state index in [0.29, 0.717) is 12.8 Å². The molecule has 0 saturated heterocycles. The van der Waals surface area contributed by atoms with Crippen LogP contribution in [0.5, 0.6) is 0 Å². The summed E-state index contributed by atoms with van der Waals surface area (Å²) in [6.45, 7) is 3.70. The lowest BCUT2D eigenvalue weighted by atomic mass is 10.1. The van der Waals surface area contributed by atoms with E-state index < -0.39 is 19.2 Å². The second-order valence-corrected chi connectivity index (χ2v) is 7.41. The molecule has 0 aromatic carbocycles. The molecule has 23 heavy (non-hydrogen) atoms. The van der Waals surface area contributed by atoms with Crippen LogP contribution in [0.2, 0.25) is 0 Å². The van der Waals surface area contributed by atoms with Crippen LogP contribution in [0.3, 0.4) is 0 Å². The van der Waals surface area contributed by atoms with E-state index in [1.54, 1.807) is 20.0 Å². The Kier molecular flexibility index (Phi) is 9.07. The Balaban J connectivity index is 2.46. The van der Waals surface area contributed by atoms with Crippen molar-refractivity contribution in [3.63, 3.8) is 0 Å². The van der Waals surface area contributed by atoms with Crippen molar-refractivity contribution < 1.29 is 23.5 Å². The number of rotatable bonds is 12. The van der Waals surface area contributed by atoms with Gasteiger partial charge in [-0.15, -0.1) is 0 Å². The lowest BCUT2D eigenvalue weighted by Gasteiger charge is -2.23. The van der Waals surface area contributed by atoms with Crippen molar-refractivity contribution in [3.05, 3.63) is 30.1 Å². The molecule has 0 amide bonds. The number of hydrogen-bond donors (Lipinski definition) is 1. The Morgan fingerprint density at radius 2 is 1.96 bits per heavy atom. The third-order valence-corrected chi connectivity index (χ3v) is 5.93. The summed E-state index contributed by atoms with van der Waals surface area (Å²) >= 11 is 0. The fourth-order valence-electron chi connectivity index (χ4n) is 2.38. The van der Waals surface area contributed by atoms with E-state index >= 15 is 0 Å². The fraction of sp³-hybridized carbons (Fsp3) is 0.625. The number of carboxylic acid groups (broad SMARTS) is 1. The van der Waals surface area contributed by atoms with Crippen LogP contribution in [0.15, 0.2) is 24.5 Å². The Morgan fingerprint density at radius 3 is 2.48 bits per heavy atom. The summed E-state index contributed by atoms with van der Waals surface area (Å²) in [6.07, 6.45) is 7.22. The van der Waals surface area contributed by atoms with Gasteiger partial charge in [-0.05, 0) is 44.7 Å². The van der Waals surface area contributed by atoms with Gasteiger partial charge in [-0.3, -0.25) is 14.3 Å². The molecule has 0 aliphatic heterocycles. The maximum atomic E-state index is 12.6. The average Bonchev–Trinajstić information content (AvgIpc) is 2.51. The van der Waals surface area contributed by atoms with Crippen LogP contribution in [0.1, 0.15) is 45.1 Å². The smallest absolute Gasteiger partial charge is 0.344 e. The zero-order chi connectivity index (χ0) is 17.1. The Morgan fingerprint density at radius 1 is 1.26 bits per heavy atom. The molecule has 1 heterocycles. The molecule has 0 bridgehead atoms. The second kappa shape index (κ2) is 10.5. The van der Waals surface area contributed by atoms with Gasteiger partial charge in [-0.2, -0.15) is 0 Å². The molecule has 0 aliphatic rings. The van der Waals surface area contributed by atoms with Crippen molar-refractivity contribution in [1.82, 2.24) is 4.98 Å². The molecule has 0 unspecified atom stereocenters. The molecule has 1 rings (SSSR count). The number of carbonyl (C=O) groups is 1. The highest BCUT2D eigenvalue weighted by Gasteiger charge is 2.40. The van der Waals surface area contributed by atoms with Gasteiger partial charge in [0.05, 0.1) is 13.2 Å². The molecule has 0 saturated carbocycles. The Hall–Kier alpha value is -1.23. The molecule has 130 valence electrons. The van der Waals surface area contributed by atoms with Crippen LogP contribution < -0.4 is 0 Å². The van der Waals surface area contributed by atoms with Crippen LogP contribution in [0.4, 0.5) is 0 Å². The zero-order valence-corrected chi connectivity index (χ0v) is 14.7. The molecule has 1 N–H and O–H groups in total. The minimum atomic E-state index is -3.60. The summed E-state index contributed by atoms with van der Waals surface area (Å²) in [4.78, 5) is 15.5. The number of nitrogens with zero attached hydrogens (tertiary/aromatic N) is 1. The van der Waals surface area contributed by atoms with E-state index in [1.807, 2.05) is 18.3 Å². The lowest BCUT2D eigenvalue weighted by Crippen LogP contribution is -2.23. The maximum Gasteiger partial charge on any atom is 0.344 e. The highest BCUT2D eigenvalue weighted by atomic mass is 31.2. The molecule has 1 atom stereocenters. The average molecular weight is 343 g/mol. The van der Waals surface area contributed by atoms with Crippen molar-refractivity contribution in [3.8, 4) is 0 Å². The Bertz CT molecular complexity index is 498. The normalized spacial score (nSPS) is 13.0. The molecule has 7 heteroatoms. The van der Waals surface area contributed by atoms with Crippen molar-refractivity contribution in [2.45, 2.75) is 51.6 Å². The van der Waals surface area contributed by atoms with E-state index in [1.165, 1.54) is 0 Å². The van der Waals surface area contributed by atoms with Crippen LogP contribution in [0, 0.1) is 0 Å². The topological polar surface area (TPSA) is 85.7 Å². The summed E-state index contributed by atoms with van der Waals surface area (Å²) in [5.74, 6) is -1.12. The van der Waals surface area contributed by atoms with Crippen LogP contribution >= 0.6 is 7.60 Å². The predicted octanol–water partition coefficient (Wildman–Crippen LogP) is 3.90. The number of unbranched alkanes of at least 4 members (excludes halogenated alkanes) is 2. The van der Waals surface area contributed by atoms with Crippen molar-refractivity contribution >= 4 is 13.6 Å². The summed E-state index contributed by atoms with van der Waals surface area (Å²) in [5, 5.41) is 9.36. The van der Waals surface area contributed by atoms with Gasteiger partial charge < -0.3 is 14.2 Å². The molecule has 0 aliphatic carbocycles. The molecule has 1 aromatic rings. The first-order valence-corrected chi connectivity index (χ1v) is 9.65. The standard InChI is InChI=1S/C16H26NO5P/c1-3-21-23(20,22-4-2)15(16(18)19)11-7-5-6-9-14-10-8-12-17-13-14/h8,10,12-13,15H,3-7,9,11H2,1-2H3,(H,18,19)/t15-/m0/s1. The highest BCUT2D eigenvalue weighted by molar-refractivity contribution is 7.55. The number of aliphatic carboxylic acids is 1. The number of carboxylic acids is 1. The third-order valence-electron chi connectivity index (χ3n) is 3.45. The van der Waals surface area contributed by atoms with Gasteiger partial charge in [-0.25, -0.2) is 0 Å². The van der Waals surface area contributed by atoms with Gasteiger partial charge >= 0.3 is 13.6 Å². The monoisotopic (exact) mass is 343 g/mol. The molecule has 6 nitrogen and oxygen atoms in total. The minimum Gasteiger partial charge on any atom is -0.481 e. The molecule has 0 spiro atoms. The summed E-state index contributed by atoms with van der Waals surface area (Å²) in [7, 11) is -3.60. The van der Waals surface area contributed by atoms with Crippen molar-refractivity contribution in [2.75, 3.05) is 13.2 Å². The first kappa shape index (κ1) is 19.8. The molecule has 1 aromatic heterocycles. The third kappa shape index (κ3) is 6.81. The van der Waals surface area contributed by atoms with Gasteiger partial charge in [-0.1, -0.05) is 18.9 Å². The van der Waals surface area contributed by atoms with Crippen molar-refractivity contribution in [1.29, 1.82) is 0 Å². The molecule has 0 fully saturated rings. The van der Waals surface area contributed by atoms with Crippen LogP contribution in [-0.4, -0.2) is 34.9 Å². The van der Waals surface area contributed by atoms with E-state index in [0.717, 1.165) is 24.8 Å².